The number of carbonyl (C=O) groups is 1. The Labute approximate surface area is 129 Å². The first-order valence-corrected chi connectivity index (χ1v) is 7.68. The number of benzene rings is 1. The molecular weight excluding hydrogens is 290 g/mol. The van der Waals surface area contributed by atoms with Gasteiger partial charge in [0, 0.05) is 24.3 Å². The summed E-state index contributed by atoms with van der Waals surface area (Å²) in [7, 11) is 0. The highest BCUT2D eigenvalue weighted by Gasteiger charge is 2.30. The molecule has 2 aliphatic rings. The van der Waals surface area contributed by atoms with E-state index >= 15 is 0 Å². The van der Waals surface area contributed by atoms with Crippen molar-refractivity contribution < 1.29 is 9.90 Å². The molecule has 1 fully saturated rings. The van der Waals surface area contributed by atoms with E-state index < -0.39 is 6.04 Å². The Morgan fingerprint density at radius 3 is 2.71 bits per heavy atom. The summed E-state index contributed by atoms with van der Waals surface area (Å²) in [4.78, 5) is 13.8. The lowest BCUT2D eigenvalue weighted by molar-refractivity contribution is -0.116. The lowest BCUT2D eigenvalue weighted by atomic mass is 9.92. The van der Waals surface area contributed by atoms with Crippen LogP contribution in [-0.4, -0.2) is 30.2 Å². The standard InChI is InChI=1S/C15H20ClN3O2/c1-8(20)9-2-4-19(5-3-9)13-7-12-10(6-11(13)16)14(17)15(21)18-12/h6-9,14,20H,2-5,17H2,1H3,(H,18,21). The SMILES string of the molecule is CC(O)C1CCN(c2cc3c(cc2Cl)C(N)C(=O)N3)CC1. The second-order valence-corrected chi connectivity index (χ2v) is 6.33. The Balaban J connectivity index is 1.82. The van der Waals surface area contributed by atoms with Crippen LogP contribution in [0.3, 0.4) is 0 Å². The zero-order chi connectivity index (χ0) is 15.1. The van der Waals surface area contributed by atoms with Crippen molar-refractivity contribution in [3.8, 4) is 0 Å². The molecule has 0 aliphatic carbocycles. The number of amides is 1. The maximum Gasteiger partial charge on any atom is 0.245 e. The van der Waals surface area contributed by atoms with Gasteiger partial charge in [-0.05, 0) is 37.8 Å². The average molecular weight is 310 g/mol. The zero-order valence-corrected chi connectivity index (χ0v) is 12.7. The number of rotatable bonds is 2. The molecule has 6 heteroatoms. The van der Waals surface area contributed by atoms with Gasteiger partial charge in [0.15, 0.2) is 0 Å². The Morgan fingerprint density at radius 1 is 1.43 bits per heavy atom. The molecule has 0 radical (unpaired) electrons. The number of halogens is 1. The number of fused-ring (bicyclic) bond motifs is 1. The summed E-state index contributed by atoms with van der Waals surface area (Å²) in [5, 5.41) is 13.1. The third-order valence-corrected chi connectivity index (χ3v) is 4.86. The van der Waals surface area contributed by atoms with E-state index in [-0.39, 0.29) is 12.0 Å². The van der Waals surface area contributed by atoms with Crippen molar-refractivity contribution in [2.45, 2.75) is 31.9 Å². The second-order valence-electron chi connectivity index (χ2n) is 5.92. The van der Waals surface area contributed by atoms with Crippen LogP contribution >= 0.6 is 11.6 Å². The zero-order valence-electron chi connectivity index (χ0n) is 12.0. The molecule has 2 aliphatic heterocycles. The lowest BCUT2D eigenvalue weighted by Crippen LogP contribution is -2.37. The Bertz CT molecular complexity index is 568. The van der Waals surface area contributed by atoms with Gasteiger partial charge in [-0.3, -0.25) is 4.79 Å². The van der Waals surface area contributed by atoms with E-state index in [1.54, 1.807) is 6.07 Å². The number of piperidine rings is 1. The summed E-state index contributed by atoms with van der Waals surface area (Å²) in [5.74, 6) is 0.161. The van der Waals surface area contributed by atoms with E-state index in [1.165, 1.54) is 0 Å². The number of hydrogen-bond donors (Lipinski definition) is 3. The highest BCUT2D eigenvalue weighted by Crippen LogP contribution is 2.39. The van der Waals surface area contributed by atoms with Crippen LogP contribution in [0.2, 0.25) is 5.02 Å². The van der Waals surface area contributed by atoms with E-state index in [9.17, 15) is 9.90 Å². The summed E-state index contributed by atoms with van der Waals surface area (Å²) in [5.41, 5.74) is 8.26. The number of hydrogen-bond acceptors (Lipinski definition) is 4. The molecule has 4 N–H and O–H groups in total. The molecule has 2 unspecified atom stereocenters. The molecule has 0 aromatic heterocycles. The van der Waals surface area contributed by atoms with E-state index in [2.05, 4.69) is 10.2 Å². The maximum absolute atomic E-state index is 11.6. The van der Waals surface area contributed by atoms with E-state index in [0.717, 1.165) is 42.9 Å². The minimum absolute atomic E-state index is 0.189. The number of aliphatic hydroxyl groups is 1. The largest absolute Gasteiger partial charge is 0.393 e. The number of anilines is 2. The van der Waals surface area contributed by atoms with Crippen molar-refractivity contribution in [2.24, 2.45) is 11.7 Å². The predicted octanol–water partition coefficient (Wildman–Crippen LogP) is 1.89. The summed E-state index contributed by atoms with van der Waals surface area (Å²) < 4.78 is 0. The fraction of sp³-hybridized carbons (Fsp3) is 0.533. The molecule has 0 spiro atoms. The summed E-state index contributed by atoms with van der Waals surface area (Å²) in [6, 6.07) is 3.06. The molecule has 1 aromatic carbocycles. The summed E-state index contributed by atoms with van der Waals surface area (Å²) in [6.45, 7) is 3.56. The van der Waals surface area contributed by atoms with Crippen LogP contribution in [0.5, 0.6) is 0 Å². The third kappa shape index (κ3) is 2.61. The van der Waals surface area contributed by atoms with Gasteiger partial charge in [0.1, 0.15) is 6.04 Å². The first-order chi connectivity index (χ1) is 9.97. The second kappa shape index (κ2) is 5.48. The molecule has 2 heterocycles. The van der Waals surface area contributed by atoms with Gasteiger partial charge in [0.25, 0.3) is 0 Å². The molecule has 1 saturated heterocycles. The summed E-state index contributed by atoms with van der Waals surface area (Å²) >= 11 is 6.37. The van der Waals surface area contributed by atoms with Crippen LogP contribution < -0.4 is 16.0 Å². The van der Waals surface area contributed by atoms with Crippen LogP contribution in [-0.2, 0) is 4.79 Å². The molecule has 114 valence electrons. The van der Waals surface area contributed by atoms with Gasteiger partial charge in [0.2, 0.25) is 5.91 Å². The maximum atomic E-state index is 11.6. The van der Waals surface area contributed by atoms with Gasteiger partial charge in [-0.1, -0.05) is 11.6 Å². The molecule has 3 rings (SSSR count). The first-order valence-electron chi connectivity index (χ1n) is 7.30. The molecule has 0 saturated carbocycles. The summed E-state index contributed by atoms with van der Waals surface area (Å²) in [6.07, 6.45) is 1.62. The average Bonchev–Trinajstić information content (AvgIpc) is 2.73. The van der Waals surface area contributed by atoms with Gasteiger partial charge in [-0.25, -0.2) is 0 Å². The van der Waals surface area contributed by atoms with E-state index in [4.69, 9.17) is 17.3 Å². The van der Waals surface area contributed by atoms with Gasteiger partial charge < -0.3 is 21.1 Å². The van der Waals surface area contributed by atoms with E-state index in [0.29, 0.717) is 10.9 Å². The normalized spacial score (nSPS) is 23.9. The smallest absolute Gasteiger partial charge is 0.245 e. The lowest BCUT2D eigenvalue weighted by Gasteiger charge is -2.35. The van der Waals surface area contributed by atoms with Crippen molar-refractivity contribution >= 4 is 28.9 Å². The highest BCUT2D eigenvalue weighted by atomic mass is 35.5. The number of nitrogens with zero attached hydrogens (tertiary/aromatic N) is 1. The van der Waals surface area contributed by atoms with Gasteiger partial charge in [-0.15, -0.1) is 0 Å². The van der Waals surface area contributed by atoms with Crippen LogP contribution in [0.4, 0.5) is 11.4 Å². The van der Waals surface area contributed by atoms with Crippen molar-refractivity contribution in [2.75, 3.05) is 23.3 Å². The number of nitrogens with one attached hydrogen (secondary N) is 1. The van der Waals surface area contributed by atoms with E-state index in [1.807, 2.05) is 13.0 Å². The third-order valence-electron chi connectivity index (χ3n) is 4.56. The number of carbonyl (C=O) groups excluding carboxylic acids is 1. The highest BCUT2D eigenvalue weighted by molar-refractivity contribution is 6.33. The molecule has 0 bridgehead atoms. The van der Waals surface area contributed by atoms with Gasteiger partial charge in [-0.2, -0.15) is 0 Å². The Morgan fingerprint density at radius 2 is 2.10 bits per heavy atom. The topological polar surface area (TPSA) is 78.6 Å². The first kappa shape index (κ1) is 14.6. The van der Waals surface area contributed by atoms with Crippen molar-refractivity contribution in [3.05, 3.63) is 22.7 Å². The van der Waals surface area contributed by atoms with Crippen LogP contribution in [0.25, 0.3) is 0 Å². The van der Waals surface area contributed by atoms with Crippen LogP contribution in [0.1, 0.15) is 31.4 Å². The van der Waals surface area contributed by atoms with Crippen molar-refractivity contribution in [1.82, 2.24) is 0 Å². The number of aliphatic hydroxyl groups excluding tert-OH is 1. The minimum atomic E-state index is -0.632. The van der Waals surface area contributed by atoms with Crippen molar-refractivity contribution in [3.63, 3.8) is 0 Å². The molecule has 2 atom stereocenters. The molecule has 5 nitrogen and oxygen atoms in total. The Hall–Kier alpha value is -1.30. The van der Waals surface area contributed by atoms with Crippen LogP contribution in [0.15, 0.2) is 12.1 Å². The predicted molar refractivity (Wildman–Crippen MR) is 83.6 cm³/mol. The fourth-order valence-corrected chi connectivity index (χ4v) is 3.45. The monoisotopic (exact) mass is 309 g/mol. The van der Waals surface area contributed by atoms with Crippen LogP contribution in [0, 0.1) is 5.92 Å². The van der Waals surface area contributed by atoms with Gasteiger partial charge >= 0.3 is 0 Å². The Kier molecular flexibility index (Phi) is 3.82. The fourth-order valence-electron chi connectivity index (χ4n) is 3.16. The van der Waals surface area contributed by atoms with Gasteiger partial charge in [0.05, 0.1) is 16.8 Å². The molecule has 1 amide bonds. The quantitative estimate of drug-likeness (QED) is 0.779. The minimum Gasteiger partial charge on any atom is -0.393 e. The molecule has 21 heavy (non-hydrogen) atoms. The van der Waals surface area contributed by atoms with Crippen molar-refractivity contribution in [1.29, 1.82) is 0 Å². The molecule has 1 aromatic rings. The number of nitrogens with two attached hydrogens (primary N) is 1. The molecular formula is C15H20ClN3O2.